The predicted molar refractivity (Wildman–Crippen MR) is 366 cm³/mol. The minimum absolute atomic E-state index is 0.0319. The van der Waals surface area contributed by atoms with Crippen molar-refractivity contribution in [2.45, 2.75) is 233 Å². The molecule has 2 heterocycles. The van der Waals surface area contributed by atoms with Gasteiger partial charge in [-0.2, -0.15) is 224 Å². The summed E-state index contributed by atoms with van der Waals surface area (Å²) in [5, 5.41) is 2.80. The summed E-state index contributed by atoms with van der Waals surface area (Å²) in [5.41, 5.74) is -1.40. The molecule has 0 aliphatic carbocycles. The molecule has 63 heteroatoms. The van der Waals surface area contributed by atoms with Crippen molar-refractivity contribution in [2.24, 2.45) is 0 Å². The van der Waals surface area contributed by atoms with Crippen molar-refractivity contribution in [3.05, 3.63) is 88.5 Å². The maximum Gasteiger partial charge on any atom is 0.460 e. The number of hydrogen-bond donors (Lipinski definition) is 0. The van der Waals surface area contributed by atoms with E-state index in [1.54, 1.807) is 26.0 Å². The molecular weight excluding hydrogens is 2070 g/mol. The first-order valence-corrected chi connectivity index (χ1v) is 38.3. The second-order valence-corrected chi connectivity index (χ2v) is 30.8. The fraction of sp³-hybridized carbons (Fsp3) is 0.592. The zero-order chi connectivity index (χ0) is 107. The zero-order valence-electron chi connectivity index (χ0n) is 67.8. The van der Waals surface area contributed by atoms with Gasteiger partial charge in [-0.05, 0) is 120 Å². The predicted octanol–water partition coefficient (Wildman–Crippen LogP) is 26.7. The van der Waals surface area contributed by atoms with Crippen molar-refractivity contribution in [1.82, 2.24) is 9.80 Å². The summed E-state index contributed by atoms with van der Waals surface area (Å²) >= 11 is 0. The highest BCUT2D eigenvalue weighted by molar-refractivity contribution is 6.41. The van der Waals surface area contributed by atoms with E-state index < -0.39 is 305 Å². The SMILES string of the molecule is CCC(CC)N1C(=O)c2ccc3c4ccc5c6c(ccc(c7ccc(c2c37)C1=O)c64)C(=O)N(CCOCCOC(=O)c1cc(OCCCCC(F)(F)C(F)(F)C(F)(F)C(F)(F)C(F)(F)C(F)(F)C(F)(F)C(F)(F)F)c(OCCCCC(F)(F)C(F)(F)C(F)(F)C(F)(F)C(F)(F)C(F)(F)C(F)(F)C(F)(F)F)c(OCCCCC(F)(F)C(F)(F)C(F)(F)C(F)(F)C(F)(F)C(F)(F)C(F)(F)C(F)(F)F)c1)C5=O. The van der Waals surface area contributed by atoms with E-state index in [2.05, 4.69) is 0 Å². The Morgan fingerprint density at radius 1 is 0.281 bits per heavy atom. The van der Waals surface area contributed by atoms with Crippen molar-refractivity contribution >= 4 is 72.7 Å². The van der Waals surface area contributed by atoms with Gasteiger partial charge >= 0.3 is 149 Å². The van der Waals surface area contributed by atoms with Gasteiger partial charge in [0.1, 0.15) is 6.61 Å². The third kappa shape index (κ3) is 17.3. The topological polar surface area (TPSA) is 138 Å². The molecule has 6 aromatic rings. The lowest BCUT2D eigenvalue weighted by Gasteiger charge is -2.42. The van der Waals surface area contributed by atoms with Gasteiger partial charge in [-0.1, -0.05) is 38.1 Å². The molecule has 12 nitrogen and oxygen atoms in total. The van der Waals surface area contributed by atoms with Crippen LogP contribution in [0.1, 0.15) is 136 Å². The minimum atomic E-state index is -9.19. The number of imide groups is 2. The number of fused-ring (bicyclic) bond motifs is 2. The number of carbonyl (C=O) groups is 5. The van der Waals surface area contributed by atoms with Gasteiger partial charge in [0.05, 0.1) is 45.1 Å². The van der Waals surface area contributed by atoms with Gasteiger partial charge in [0.15, 0.2) is 11.5 Å². The lowest BCUT2D eigenvalue weighted by Crippen LogP contribution is -2.74. The maximum absolute atomic E-state index is 15.0. The number of benzene rings is 6. The summed E-state index contributed by atoms with van der Waals surface area (Å²) in [7, 11) is 0. The van der Waals surface area contributed by atoms with E-state index in [4.69, 9.17) is 23.7 Å². The van der Waals surface area contributed by atoms with Crippen molar-refractivity contribution in [3.8, 4) is 17.2 Å². The Kier molecular flexibility index (Phi) is 29.8. The molecular formula is C76H53F51N2O10. The van der Waals surface area contributed by atoms with Crippen LogP contribution in [0.25, 0.3) is 43.1 Å². The molecule has 0 aromatic heterocycles. The number of halogens is 51. The van der Waals surface area contributed by atoms with Crippen LogP contribution >= 0.6 is 0 Å². The van der Waals surface area contributed by atoms with Crippen LogP contribution in [0.2, 0.25) is 0 Å². The molecule has 0 radical (unpaired) electrons. The molecule has 6 aromatic carbocycles. The molecule has 784 valence electrons. The second kappa shape index (κ2) is 36.2. The Morgan fingerprint density at radius 2 is 0.525 bits per heavy atom. The maximum atomic E-state index is 15.0. The number of nitrogens with zero attached hydrogens (tertiary/aromatic N) is 2. The van der Waals surface area contributed by atoms with Crippen molar-refractivity contribution in [3.63, 3.8) is 0 Å². The average molecular weight is 2120 g/mol. The van der Waals surface area contributed by atoms with Gasteiger partial charge in [-0.3, -0.25) is 29.0 Å². The summed E-state index contributed by atoms with van der Waals surface area (Å²) in [4.78, 5) is 72.1. The van der Waals surface area contributed by atoms with Crippen molar-refractivity contribution in [2.75, 3.05) is 46.2 Å². The summed E-state index contributed by atoms with van der Waals surface area (Å²) in [6, 6.07) is 11.1. The van der Waals surface area contributed by atoms with Crippen LogP contribution in [0.3, 0.4) is 0 Å². The fourth-order valence-corrected chi connectivity index (χ4v) is 14.1. The van der Waals surface area contributed by atoms with Gasteiger partial charge < -0.3 is 23.7 Å². The van der Waals surface area contributed by atoms with Crippen LogP contribution in [0, 0.1) is 0 Å². The monoisotopic (exact) mass is 2120 g/mol. The molecule has 0 spiro atoms. The second-order valence-electron chi connectivity index (χ2n) is 30.8. The summed E-state index contributed by atoms with van der Waals surface area (Å²) in [6.07, 6.45) is -46.1. The molecule has 0 unspecified atom stereocenters. The third-order valence-corrected chi connectivity index (χ3v) is 22.0. The highest BCUT2D eigenvalue weighted by atomic mass is 19.5. The third-order valence-electron chi connectivity index (χ3n) is 22.0. The van der Waals surface area contributed by atoms with Crippen molar-refractivity contribution in [1.29, 1.82) is 0 Å². The standard InChI is InChI=1S/C76H53F51N2O10/c1-3-32(4-2)129-50(132)39-17-13-35-33-11-15-37-45-38(16-12-34(43(33)45)36-14-18-40(51(129)133)46(39)44(35)36)49(131)128(48(37)130)22-26-135-27-28-139-52(134)31-29-41(136-23-8-5-19-53(77,78)56(83,84)59(89,90)62(95,96)65(101,102)68(107,108)71(113,114)74(119,120)121)47(138-25-10-7-21-55(81,82)58(87,88)61(93,94)64(99,100)67(105,106)70(111,112)73(117,118)76(125,126)127)42(30-31)137-24-9-6-20-54(79,80)57(85,86)60(91,92)63(97,98)66(103,104)69(109,110)72(115,116)75(122,123)124/h11-18,29-30,32H,3-10,19-28H2,1-2H3. The smallest absolute Gasteiger partial charge is 0.460 e. The van der Waals surface area contributed by atoms with E-state index in [1.165, 1.54) is 36.4 Å². The van der Waals surface area contributed by atoms with E-state index in [-0.39, 0.29) is 39.8 Å². The molecule has 0 fully saturated rings. The summed E-state index contributed by atoms with van der Waals surface area (Å²) in [6.45, 7) is -6.04. The van der Waals surface area contributed by atoms with Crippen LogP contribution in [0.4, 0.5) is 224 Å². The molecule has 0 saturated heterocycles. The number of unbranched alkanes of at least 4 members (excludes halogenated alkanes) is 3. The Balaban J connectivity index is 1.10. The molecule has 0 bridgehead atoms. The number of carbonyl (C=O) groups excluding carboxylic acids is 5. The Hall–Kier alpha value is -9.84. The van der Waals surface area contributed by atoms with E-state index in [1.807, 2.05) is 0 Å². The normalized spacial score (nSPS) is 15.9. The number of alkyl halides is 51. The highest BCUT2D eigenvalue weighted by Crippen LogP contribution is 2.69. The van der Waals surface area contributed by atoms with Crippen LogP contribution in [0.15, 0.2) is 60.7 Å². The molecule has 139 heavy (non-hydrogen) atoms. The molecule has 8 rings (SSSR count). The van der Waals surface area contributed by atoms with Gasteiger partial charge in [0.25, 0.3) is 23.6 Å². The van der Waals surface area contributed by atoms with Gasteiger partial charge in [0.2, 0.25) is 5.75 Å². The van der Waals surface area contributed by atoms with Crippen LogP contribution in [-0.2, 0) is 9.47 Å². The average Bonchev–Trinajstić information content (AvgIpc) is 0.710. The number of rotatable bonds is 46. The van der Waals surface area contributed by atoms with Crippen molar-refractivity contribution < 1.29 is 272 Å². The van der Waals surface area contributed by atoms with Gasteiger partial charge in [-0.25, -0.2) is 4.79 Å². The van der Waals surface area contributed by atoms with Crippen LogP contribution in [-0.4, -0.2) is 235 Å². The van der Waals surface area contributed by atoms with Crippen LogP contribution < -0.4 is 14.2 Å². The molecule has 2 aliphatic rings. The van der Waals surface area contributed by atoms with Gasteiger partial charge in [-0.15, -0.1) is 0 Å². The number of esters is 1. The molecule has 0 saturated carbocycles. The van der Waals surface area contributed by atoms with E-state index >= 15 is 26.3 Å². The quantitative estimate of drug-likeness (QED) is 0.00907. The summed E-state index contributed by atoms with van der Waals surface area (Å²) < 4.78 is 742. The molecule has 0 atom stereocenters. The Bertz CT molecular complexity index is 5330. The molecule has 4 amide bonds. The Morgan fingerprint density at radius 3 is 0.784 bits per heavy atom. The first-order valence-electron chi connectivity index (χ1n) is 38.3. The van der Waals surface area contributed by atoms with Crippen LogP contribution in [0.5, 0.6) is 17.2 Å². The Labute approximate surface area is 738 Å². The lowest BCUT2D eigenvalue weighted by molar-refractivity contribution is -0.461. The van der Waals surface area contributed by atoms with E-state index in [0.717, 1.165) is 4.90 Å². The largest absolute Gasteiger partial charge is 0.490 e. The fourth-order valence-electron chi connectivity index (χ4n) is 14.1. The first kappa shape index (κ1) is 114. The lowest BCUT2D eigenvalue weighted by atomic mass is 9.82. The summed E-state index contributed by atoms with van der Waals surface area (Å²) in [5.74, 6) is -192. The molecule has 2 aliphatic heterocycles. The number of ether oxygens (including phenoxy) is 5. The number of amides is 4. The van der Waals surface area contributed by atoms with Gasteiger partial charge in [0, 0.05) is 58.3 Å². The zero-order valence-corrected chi connectivity index (χ0v) is 67.8. The minimum Gasteiger partial charge on any atom is -0.490 e. The van der Waals surface area contributed by atoms with E-state index in [9.17, 15) is 222 Å². The first-order chi connectivity index (χ1) is 62.4. The number of hydrogen-bond acceptors (Lipinski definition) is 10. The van der Waals surface area contributed by atoms with E-state index in [0.29, 0.717) is 55.4 Å². The highest BCUT2D eigenvalue weighted by Gasteiger charge is 2.99. The molecule has 0 N–H and O–H groups in total.